The highest BCUT2D eigenvalue weighted by Gasteiger charge is 2.18. The van der Waals surface area contributed by atoms with E-state index >= 15 is 0 Å². The van der Waals surface area contributed by atoms with Gasteiger partial charge in [-0.1, -0.05) is 53.4 Å². The second kappa shape index (κ2) is 9.28. The molecule has 1 amide bonds. The lowest BCUT2D eigenvalue weighted by Gasteiger charge is -2.14. The molecular formula is C21H18N6O3S2. The molecule has 0 saturated carbocycles. The summed E-state index contributed by atoms with van der Waals surface area (Å²) in [4.78, 5) is 27.7. The van der Waals surface area contributed by atoms with Gasteiger partial charge in [0, 0.05) is 17.7 Å². The first-order valence-corrected chi connectivity index (χ1v) is 11.3. The number of amides is 1. The van der Waals surface area contributed by atoms with Gasteiger partial charge in [0.05, 0.1) is 28.3 Å². The minimum atomic E-state index is -0.423. The molecule has 0 spiro atoms. The quantitative estimate of drug-likeness (QED) is 0.239. The number of imidazole rings is 1. The molecule has 162 valence electrons. The minimum absolute atomic E-state index is 0.000894. The maximum atomic E-state index is 12.4. The zero-order chi connectivity index (χ0) is 22.7. The number of benzene rings is 2. The van der Waals surface area contributed by atoms with Crippen molar-refractivity contribution in [1.29, 1.82) is 0 Å². The number of nitrogens with zero attached hydrogens (tertiary/aromatic N) is 5. The number of carbonyl (C=O) groups excluding carboxylic acids is 1. The Morgan fingerprint density at radius 1 is 1.19 bits per heavy atom. The van der Waals surface area contributed by atoms with Gasteiger partial charge >= 0.3 is 0 Å². The Kier molecular flexibility index (Phi) is 6.28. The number of anilines is 1. The summed E-state index contributed by atoms with van der Waals surface area (Å²) in [5.74, 6) is -0.0991. The highest BCUT2D eigenvalue weighted by molar-refractivity contribution is 7.99. The van der Waals surface area contributed by atoms with Gasteiger partial charge in [-0.25, -0.2) is 4.98 Å². The topological polar surface area (TPSA) is 116 Å². The Balaban J connectivity index is 1.67. The van der Waals surface area contributed by atoms with Gasteiger partial charge in [0.15, 0.2) is 5.16 Å². The maximum absolute atomic E-state index is 12.4. The number of rotatable bonds is 7. The SMILES string of the molecule is Cc1nnc(NC(=O)CSc2ncc(-c3cccc([N+](=O)[O-])c3)n2-c2ccccc2C)s1. The van der Waals surface area contributed by atoms with E-state index in [1.165, 1.54) is 35.2 Å². The molecular weight excluding hydrogens is 448 g/mol. The predicted octanol–water partition coefficient (Wildman–Crippen LogP) is 4.65. The van der Waals surface area contributed by atoms with Crippen molar-refractivity contribution in [3.05, 3.63) is 75.4 Å². The van der Waals surface area contributed by atoms with Crippen LogP contribution in [-0.2, 0) is 4.79 Å². The van der Waals surface area contributed by atoms with E-state index in [0.717, 1.165) is 16.3 Å². The number of hydrogen-bond donors (Lipinski definition) is 1. The summed E-state index contributed by atoms with van der Waals surface area (Å²) < 4.78 is 1.92. The van der Waals surface area contributed by atoms with E-state index in [1.54, 1.807) is 18.3 Å². The maximum Gasteiger partial charge on any atom is 0.270 e. The number of aromatic nitrogens is 4. The molecule has 32 heavy (non-hydrogen) atoms. The number of nitrogens with one attached hydrogen (secondary N) is 1. The molecule has 0 bridgehead atoms. The Morgan fingerprint density at radius 2 is 2.00 bits per heavy atom. The van der Waals surface area contributed by atoms with Crippen LogP contribution in [-0.4, -0.2) is 36.3 Å². The molecule has 2 aromatic carbocycles. The average molecular weight is 467 g/mol. The highest BCUT2D eigenvalue weighted by atomic mass is 32.2. The van der Waals surface area contributed by atoms with Gasteiger partial charge in [-0.3, -0.25) is 24.8 Å². The van der Waals surface area contributed by atoms with E-state index in [-0.39, 0.29) is 17.3 Å². The summed E-state index contributed by atoms with van der Waals surface area (Å²) >= 11 is 2.58. The van der Waals surface area contributed by atoms with Crippen LogP contribution in [0.4, 0.5) is 10.8 Å². The Bertz CT molecular complexity index is 1300. The summed E-state index contributed by atoms with van der Waals surface area (Å²) in [6, 6.07) is 14.2. The fourth-order valence-corrected chi connectivity index (χ4v) is 4.49. The summed E-state index contributed by atoms with van der Waals surface area (Å²) in [7, 11) is 0. The smallest absolute Gasteiger partial charge is 0.270 e. The molecule has 1 N–H and O–H groups in total. The molecule has 9 nitrogen and oxygen atoms in total. The molecule has 2 aromatic heterocycles. The normalized spacial score (nSPS) is 10.8. The molecule has 0 unspecified atom stereocenters. The number of aryl methyl sites for hydroxylation is 2. The van der Waals surface area contributed by atoms with Crippen LogP contribution in [0.1, 0.15) is 10.6 Å². The van der Waals surface area contributed by atoms with Crippen molar-refractivity contribution in [2.24, 2.45) is 0 Å². The van der Waals surface area contributed by atoms with E-state index in [0.29, 0.717) is 21.5 Å². The number of nitro benzene ring substituents is 1. The van der Waals surface area contributed by atoms with Crippen molar-refractivity contribution >= 4 is 39.8 Å². The van der Waals surface area contributed by atoms with Crippen LogP contribution in [0.15, 0.2) is 59.9 Å². The third-order valence-corrected chi connectivity index (χ3v) is 6.25. The lowest BCUT2D eigenvalue weighted by Crippen LogP contribution is -2.14. The average Bonchev–Trinajstić information content (AvgIpc) is 3.38. The zero-order valence-electron chi connectivity index (χ0n) is 17.2. The van der Waals surface area contributed by atoms with E-state index in [4.69, 9.17) is 0 Å². The Hall–Kier alpha value is -3.57. The lowest BCUT2D eigenvalue weighted by molar-refractivity contribution is -0.384. The molecule has 4 rings (SSSR count). The second-order valence-corrected chi connectivity index (χ2v) is 8.94. The molecule has 0 aliphatic heterocycles. The van der Waals surface area contributed by atoms with Crippen LogP contribution in [0, 0.1) is 24.0 Å². The molecule has 0 radical (unpaired) electrons. The number of non-ortho nitro benzene ring substituents is 1. The molecule has 0 saturated heterocycles. The van der Waals surface area contributed by atoms with Gasteiger partial charge in [0.1, 0.15) is 5.01 Å². The molecule has 0 atom stereocenters. The first-order valence-electron chi connectivity index (χ1n) is 9.53. The first-order chi connectivity index (χ1) is 15.4. The van der Waals surface area contributed by atoms with Crippen LogP contribution in [0.5, 0.6) is 0 Å². The van der Waals surface area contributed by atoms with Gasteiger partial charge in [-0.05, 0) is 25.5 Å². The molecule has 0 fully saturated rings. The molecule has 0 aliphatic carbocycles. The number of para-hydroxylation sites is 1. The standard InChI is InChI=1S/C21H18N6O3S2/c1-13-6-3-4-9-17(13)26-18(15-7-5-8-16(10-15)27(29)30)11-22-21(26)31-12-19(28)23-20-25-24-14(2)32-20/h3-11H,12H2,1-2H3,(H,23,25,28). The van der Waals surface area contributed by atoms with Gasteiger partial charge in [0.2, 0.25) is 11.0 Å². The van der Waals surface area contributed by atoms with Gasteiger partial charge in [0.25, 0.3) is 5.69 Å². The summed E-state index contributed by atoms with van der Waals surface area (Å²) in [5.41, 5.74) is 3.25. The number of carbonyl (C=O) groups is 1. The van der Waals surface area contributed by atoms with Crippen molar-refractivity contribution in [2.75, 3.05) is 11.1 Å². The molecule has 11 heteroatoms. The molecule has 2 heterocycles. The van der Waals surface area contributed by atoms with Crippen LogP contribution in [0.25, 0.3) is 16.9 Å². The van der Waals surface area contributed by atoms with E-state index < -0.39 is 4.92 Å². The predicted molar refractivity (Wildman–Crippen MR) is 124 cm³/mol. The number of hydrogen-bond acceptors (Lipinski definition) is 8. The summed E-state index contributed by atoms with van der Waals surface area (Å²) in [6.07, 6.45) is 1.67. The van der Waals surface area contributed by atoms with E-state index in [2.05, 4.69) is 20.5 Å². The van der Waals surface area contributed by atoms with Crippen molar-refractivity contribution < 1.29 is 9.72 Å². The van der Waals surface area contributed by atoms with Crippen LogP contribution in [0.2, 0.25) is 0 Å². The summed E-state index contributed by atoms with van der Waals surface area (Å²) in [6.45, 7) is 3.79. The lowest BCUT2D eigenvalue weighted by atomic mass is 10.1. The Labute approximate surface area is 191 Å². The van der Waals surface area contributed by atoms with Gasteiger partial charge < -0.3 is 0 Å². The van der Waals surface area contributed by atoms with Gasteiger partial charge in [-0.15, -0.1) is 10.2 Å². The van der Waals surface area contributed by atoms with Crippen LogP contribution >= 0.6 is 23.1 Å². The van der Waals surface area contributed by atoms with Crippen molar-refractivity contribution in [1.82, 2.24) is 19.7 Å². The van der Waals surface area contributed by atoms with Gasteiger partial charge in [-0.2, -0.15) is 0 Å². The van der Waals surface area contributed by atoms with Crippen LogP contribution < -0.4 is 5.32 Å². The third kappa shape index (κ3) is 4.68. The zero-order valence-corrected chi connectivity index (χ0v) is 18.8. The highest BCUT2D eigenvalue weighted by Crippen LogP contribution is 2.32. The third-order valence-electron chi connectivity index (χ3n) is 4.54. The van der Waals surface area contributed by atoms with E-state index in [1.807, 2.05) is 42.7 Å². The largest absolute Gasteiger partial charge is 0.300 e. The Morgan fingerprint density at radius 3 is 2.72 bits per heavy atom. The van der Waals surface area contributed by atoms with Crippen molar-refractivity contribution in [3.63, 3.8) is 0 Å². The fraction of sp³-hybridized carbons (Fsp3) is 0.143. The van der Waals surface area contributed by atoms with Crippen molar-refractivity contribution in [3.8, 4) is 16.9 Å². The monoisotopic (exact) mass is 466 g/mol. The molecule has 0 aliphatic rings. The number of nitro groups is 1. The van der Waals surface area contributed by atoms with Crippen LogP contribution in [0.3, 0.4) is 0 Å². The van der Waals surface area contributed by atoms with E-state index in [9.17, 15) is 14.9 Å². The second-order valence-electron chi connectivity index (χ2n) is 6.82. The van der Waals surface area contributed by atoms with Crippen molar-refractivity contribution in [2.45, 2.75) is 19.0 Å². The summed E-state index contributed by atoms with van der Waals surface area (Å²) in [5, 5.41) is 23.6. The fourth-order valence-electron chi connectivity index (χ4n) is 3.10. The molecule has 4 aromatic rings. The number of thioether (sulfide) groups is 1. The minimum Gasteiger partial charge on any atom is -0.300 e. The first kappa shape index (κ1) is 21.7.